The van der Waals surface area contributed by atoms with Crippen LogP contribution in [0.3, 0.4) is 0 Å². The molecule has 0 saturated carbocycles. The lowest BCUT2D eigenvalue weighted by atomic mass is 10.0. The summed E-state index contributed by atoms with van der Waals surface area (Å²) < 4.78 is 10.4. The van der Waals surface area contributed by atoms with Gasteiger partial charge >= 0.3 is 5.97 Å². The number of hydrazone groups is 1. The first-order valence-electron chi connectivity index (χ1n) is 11.0. The average molecular weight is 482 g/mol. The Morgan fingerprint density at radius 1 is 1.12 bits per heavy atom. The normalized spacial score (nSPS) is 15.2. The number of hydrogen-bond donors (Lipinski definition) is 0. The second kappa shape index (κ2) is 10.5. The maximum atomic E-state index is 13.0. The Kier molecular flexibility index (Phi) is 7.22. The van der Waals surface area contributed by atoms with Crippen LogP contribution in [0.15, 0.2) is 64.2 Å². The van der Waals surface area contributed by atoms with Gasteiger partial charge in [0.25, 0.3) is 11.8 Å². The Balaban J connectivity index is 1.64. The van der Waals surface area contributed by atoms with Gasteiger partial charge in [-0.15, -0.1) is 0 Å². The minimum atomic E-state index is -0.559. The van der Waals surface area contributed by atoms with Gasteiger partial charge in [0.15, 0.2) is 0 Å². The predicted octanol–water partition coefficient (Wildman–Crippen LogP) is 3.78. The largest absolute Gasteiger partial charge is 0.466 e. The number of benzene rings is 2. The number of carbonyl (C=O) groups excluding carboxylic acids is 2. The molecule has 0 N–H and O–H groups in total. The zero-order valence-electron chi connectivity index (χ0n) is 18.8. The van der Waals surface area contributed by atoms with Crippen LogP contribution in [0.5, 0.6) is 0 Å². The number of anilines is 1. The summed E-state index contributed by atoms with van der Waals surface area (Å²) in [5, 5.41) is 11.0. The molecule has 0 saturated heterocycles. The van der Waals surface area contributed by atoms with E-state index in [-0.39, 0.29) is 24.9 Å². The molecule has 10 heteroatoms. The van der Waals surface area contributed by atoms with E-state index >= 15 is 0 Å². The molecule has 1 aromatic heterocycles. The number of esters is 1. The number of halogens is 1. The van der Waals surface area contributed by atoms with Crippen molar-refractivity contribution in [1.29, 1.82) is 0 Å². The molecule has 3 aromatic rings. The zero-order chi connectivity index (χ0) is 24.1. The molecule has 1 aliphatic heterocycles. The van der Waals surface area contributed by atoms with Crippen LogP contribution in [0.4, 0.5) is 5.95 Å². The van der Waals surface area contributed by atoms with Crippen LogP contribution in [0.2, 0.25) is 5.02 Å². The predicted molar refractivity (Wildman–Crippen MR) is 127 cm³/mol. The summed E-state index contributed by atoms with van der Waals surface area (Å²) in [7, 11) is 0. The van der Waals surface area contributed by atoms with Crippen molar-refractivity contribution in [3.63, 3.8) is 0 Å². The standard InChI is InChI=1S/C24H24ClN5O4/c1-3-29(20(31)14-21(32)33-4-2)19-15-30(27-22(19)16-10-12-18(25)13-11-16)24-26-23(34-28-24)17-8-6-5-7-9-17/h5-13,19H,3-4,14-15H2,1-2H3. The van der Waals surface area contributed by atoms with Crippen LogP contribution in [0.25, 0.3) is 11.5 Å². The second-order valence-electron chi connectivity index (χ2n) is 7.52. The van der Waals surface area contributed by atoms with Crippen molar-refractivity contribution in [3.8, 4) is 11.5 Å². The molecule has 1 unspecified atom stereocenters. The van der Waals surface area contributed by atoms with Gasteiger partial charge < -0.3 is 14.2 Å². The SMILES string of the molecule is CCOC(=O)CC(=O)N(CC)C1CN(c2noc(-c3ccccc3)n2)N=C1c1ccc(Cl)cc1. The topological polar surface area (TPSA) is 101 Å². The third kappa shape index (κ3) is 5.09. The van der Waals surface area contributed by atoms with Gasteiger partial charge in [0, 0.05) is 22.7 Å². The number of aromatic nitrogens is 2. The molecular formula is C24H24ClN5O4. The van der Waals surface area contributed by atoms with E-state index in [4.69, 9.17) is 26.0 Å². The highest BCUT2D eigenvalue weighted by Gasteiger charge is 2.37. The van der Waals surface area contributed by atoms with Crippen molar-refractivity contribution < 1.29 is 18.8 Å². The van der Waals surface area contributed by atoms with Crippen molar-refractivity contribution in [2.45, 2.75) is 26.3 Å². The minimum absolute atomic E-state index is 0.217. The fourth-order valence-corrected chi connectivity index (χ4v) is 3.88. The summed E-state index contributed by atoms with van der Waals surface area (Å²) in [5.41, 5.74) is 2.23. The maximum absolute atomic E-state index is 13.0. The fourth-order valence-electron chi connectivity index (χ4n) is 3.76. The number of rotatable bonds is 8. The summed E-state index contributed by atoms with van der Waals surface area (Å²) >= 11 is 6.07. The zero-order valence-corrected chi connectivity index (χ0v) is 19.6. The van der Waals surface area contributed by atoms with E-state index in [0.29, 0.717) is 29.7 Å². The molecule has 34 heavy (non-hydrogen) atoms. The van der Waals surface area contributed by atoms with Crippen LogP contribution in [-0.4, -0.2) is 58.4 Å². The highest BCUT2D eigenvalue weighted by atomic mass is 35.5. The number of amides is 1. The van der Waals surface area contributed by atoms with Gasteiger partial charge in [-0.25, -0.2) is 5.01 Å². The quantitative estimate of drug-likeness (QED) is 0.356. The molecule has 1 amide bonds. The molecule has 0 radical (unpaired) electrons. The van der Waals surface area contributed by atoms with Crippen LogP contribution < -0.4 is 5.01 Å². The lowest BCUT2D eigenvalue weighted by molar-refractivity contribution is -0.148. The van der Waals surface area contributed by atoms with E-state index in [1.54, 1.807) is 29.0 Å². The Labute approximate surface area is 201 Å². The number of hydrogen-bond acceptors (Lipinski definition) is 8. The van der Waals surface area contributed by atoms with Crippen molar-refractivity contribution in [1.82, 2.24) is 15.0 Å². The average Bonchev–Trinajstić information content (AvgIpc) is 3.49. The third-order valence-electron chi connectivity index (χ3n) is 5.33. The Morgan fingerprint density at radius 2 is 1.85 bits per heavy atom. The molecular weight excluding hydrogens is 458 g/mol. The van der Waals surface area contributed by atoms with Gasteiger partial charge in [0.05, 0.1) is 24.9 Å². The Bertz CT molecular complexity index is 1180. The van der Waals surface area contributed by atoms with E-state index in [1.807, 2.05) is 49.4 Å². The minimum Gasteiger partial charge on any atom is -0.466 e. The van der Waals surface area contributed by atoms with Gasteiger partial charge in [-0.2, -0.15) is 10.1 Å². The number of nitrogens with zero attached hydrogens (tertiary/aromatic N) is 5. The molecule has 0 bridgehead atoms. The van der Waals surface area contributed by atoms with Gasteiger partial charge in [0.2, 0.25) is 5.91 Å². The van der Waals surface area contributed by atoms with Gasteiger partial charge in [-0.05, 0) is 43.3 Å². The number of likely N-dealkylation sites (N-methyl/N-ethyl adjacent to an activating group) is 1. The van der Waals surface area contributed by atoms with Gasteiger partial charge in [-0.3, -0.25) is 9.59 Å². The molecule has 9 nitrogen and oxygen atoms in total. The molecule has 2 heterocycles. The molecule has 0 spiro atoms. The van der Waals surface area contributed by atoms with Crippen molar-refractivity contribution in [2.24, 2.45) is 5.10 Å². The van der Waals surface area contributed by atoms with Crippen LogP contribution in [-0.2, 0) is 14.3 Å². The number of carbonyl (C=O) groups is 2. The summed E-state index contributed by atoms with van der Waals surface area (Å²) in [6, 6.07) is 16.2. The van der Waals surface area contributed by atoms with Crippen LogP contribution in [0.1, 0.15) is 25.8 Å². The fraction of sp³-hybridized carbons (Fsp3) is 0.292. The van der Waals surface area contributed by atoms with Crippen molar-refractivity contribution in [3.05, 3.63) is 65.2 Å². The lowest BCUT2D eigenvalue weighted by Gasteiger charge is -2.28. The van der Waals surface area contributed by atoms with E-state index in [2.05, 4.69) is 10.1 Å². The highest BCUT2D eigenvalue weighted by molar-refractivity contribution is 6.30. The summed E-state index contributed by atoms with van der Waals surface area (Å²) in [6.45, 7) is 4.45. The molecule has 2 aromatic carbocycles. The first kappa shape index (κ1) is 23.4. The first-order chi connectivity index (χ1) is 16.5. The maximum Gasteiger partial charge on any atom is 0.315 e. The van der Waals surface area contributed by atoms with Gasteiger partial charge in [0.1, 0.15) is 6.42 Å². The van der Waals surface area contributed by atoms with Crippen molar-refractivity contribution >= 4 is 35.1 Å². The molecule has 0 aliphatic carbocycles. The smallest absolute Gasteiger partial charge is 0.315 e. The molecule has 1 aliphatic rings. The summed E-state index contributed by atoms with van der Waals surface area (Å²) in [6.07, 6.45) is -0.341. The van der Waals surface area contributed by atoms with Crippen molar-refractivity contribution in [2.75, 3.05) is 24.7 Å². The van der Waals surface area contributed by atoms with Crippen LogP contribution >= 0.6 is 11.6 Å². The summed E-state index contributed by atoms with van der Waals surface area (Å²) in [5.74, 6) is -0.251. The molecule has 176 valence electrons. The summed E-state index contributed by atoms with van der Waals surface area (Å²) in [4.78, 5) is 31.0. The molecule has 4 rings (SSSR count). The lowest BCUT2D eigenvalue weighted by Crippen LogP contribution is -2.47. The Hall–Kier alpha value is -3.72. The first-order valence-corrected chi connectivity index (χ1v) is 11.3. The van der Waals surface area contributed by atoms with Gasteiger partial charge in [-0.1, -0.05) is 41.9 Å². The van der Waals surface area contributed by atoms with E-state index in [0.717, 1.165) is 11.1 Å². The van der Waals surface area contributed by atoms with Crippen LogP contribution in [0, 0.1) is 0 Å². The monoisotopic (exact) mass is 481 g/mol. The molecule has 1 atom stereocenters. The third-order valence-corrected chi connectivity index (χ3v) is 5.59. The van der Waals surface area contributed by atoms with E-state index < -0.39 is 12.0 Å². The number of ether oxygens (including phenoxy) is 1. The van der Waals surface area contributed by atoms with E-state index in [9.17, 15) is 9.59 Å². The van der Waals surface area contributed by atoms with E-state index in [1.165, 1.54) is 0 Å². The Morgan fingerprint density at radius 3 is 2.53 bits per heavy atom. The highest BCUT2D eigenvalue weighted by Crippen LogP contribution is 2.26. The molecule has 0 fully saturated rings. The second-order valence-corrected chi connectivity index (χ2v) is 7.95.